The van der Waals surface area contributed by atoms with E-state index in [0.29, 0.717) is 0 Å². The topological polar surface area (TPSA) is 21.3 Å². The first-order valence-corrected chi connectivity index (χ1v) is 6.62. The van der Waals surface area contributed by atoms with Gasteiger partial charge >= 0.3 is 0 Å². The van der Waals surface area contributed by atoms with Crippen molar-refractivity contribution in [1.82, 2.24) is 0 Å². The number of hydrogen-bond acceptors (Lipinski definition) is 2. The van der Waals surface area contributed by atoms with Crippen LogP contribution in [-0.2, 0) is 6.54 Å². The fourth-order valence-electron chi connectivity index (χ4n) is 1.82. The highest BCUT2D eigenvalue weighted by molar-refractivity contribution is 9.10. The van der Waals surface area contributed by atoms with Gasteiger partial charge in [-0.15, -0.1) is 0 Å². The molecule has 94 valence electrons. The maximum Gasteiger partial charge on any atom is 0.123 e. The van der Waals surface area contributed by atoms with Crippen LogP contribution >= 0.6 is 15.9 Å². The van der Waals surface area contributed by atoms with Crippen LogP contribution < -0.4 is 10.1 Å². The predicted molar refractivity (Wildman–Crippen MR) is 79.2 cm³/mol. The highest BCUT2D eigenvalue weighted by atomic mass is 79.9. The average molecular weight is 306 g/mol. The molecule has 18 heavy (non-hydrogen) atoms. The van der Waals surface area contributed by atoms with Crippen molar-refractivity contribution < 1.29 is 4.74 Å². The summed E-state index contributed by atoms with van der Waals surface area (Å²) in [5, 5.41) is 3.42. The van der Waals surface area contributed by atoms with E-state index in [0.717, 1.165) is 28.0 Å². The number of halogens is 1. The van der Waals surface area contributed by atoms with Crippen molar-refractivity contribution in [2.45, 2.75) is 13.5 Å². The van der Waals surface area contributed by atoms with Crippen molar-refractivity contribution in [3.63, 3.8) is 0 Å². The fraction of sp³-hybridized carbons (Fsp3) is 0.200. The van der Waals surface area contributed by atoms with E-state index in [4.69, 9.17) is 4.74 Å². The van der Waals surface area contributed by atoms with Crippen molar-refractivity contribution in [2.75, 3.05) is 12.4 Å². The van der Waals surface area contributed by atoms with Gasteiger partial charge in [0.2, 0.25) is 0 Å². The van der Waals surface area contributed by atoms with E-state index in [1.807, 2.05) is 24.3 Å². The lowest BCUT2D eigenvalue weighted by Crippen LogP contribution is -2.02. The van der Waals surface area contributed by atoms with Crippen molar-refractivity contribution >= 4 is 21.6 Å². The van der Waals surface area contributed by atoms with Gasteiger partial charge < -0.3 is 10.1 Å². The van der Waals surface area contributed by atoms with Gasteiger partial charge in [0.1, 0.15) is 5.75 Å². The van der Waals surface area contributed by atoms with Gasteiger partial charge in [-0.05, 0) is 40.5 Å². The molecule has 0 bridgehead atoms. The molecule has 0 unspecified atom stereocenters. The van der Waals surface area contributed by atoms with Crippen LogP contribution in [-0.4, -0.2) is 7.11 Å². The maximum absolute atomic E-state index is 5.34. The molecule has 0 aliphatic rings. The van der Waals surface area contributed by atoms with E-state index < -0.39 is 0 Å². The lowest BCUT2D eigenvalue weighted by molar-refractivity contribution is 0.410. The number of benzene rings is 2. The Balaban J connectivity index is 2.14. The molecule has 0 saturated heterocycles. The Hall–Kier alpha value is -1.48. The van der Waals surface area contributed by atoms with Crippen LogP contribution in [0, 0.1) is 6.92 Å². The van der Waals surface area contributed by atoms with E-state index in [1.54, 1.807) is 7.11 Å². The number of nitrogens with one attached hydrogen (secondary N) is 1. The third-order valence-corrected chi connectivity index (χ3v) is 3.91. The van der Waals surface area contributed by atoms with Crippen LogP contribution in [0.3, 0.4) is 0 Å². The molecule has 0 aliphatic heterocycles. The molecule has 0 fully saturated rings. The van der Waals surface area contributed by atoms with Crippen molar-refractivity contribution in [3.05, 3.63) is 58.1 Å². The Morgan fingerprint density at radius 2 is 1.89 bits per heavy atom. The summed E-state index contributed by atoms with van der Waals surface area (Å²) in [6.45, 7) is 2.82. The van der Waals surface area contributed by atoms with Gasteiger partial charge in [-0.25, -0.2) is 0 Å². The molecule has 2 aromatic carbocycles. The van der Waals surface area contributed by atoms with Gasteiger partial charge in [0.25, 0.3) is 0 Å². The third kappa shape index (κ3) is 2.85. The Morgan fingerprint density at radius 3 is 2.67 bits per heavy atom. The molecule has 3 heteroatoms. The Labute approximate surface area is 116 Å². The summed E-state index contributed by atoms with van der Waals surface area (Å²) in [6, 6.07) is 14.2. The Bertz CT molecular complexity index is 540. The Kier molecular flexibility index (Phi) is 4.26. The quantitative estimate of drug-likeness (QED) is 0.905. The standard InChI is InChI=1S/C15H16BrNO/c1-11-6-5-8-13(15(11)16)17-10-12-7-3-4-9-14(12)18-2/h3-9,17H,10H2,1-2H3. The van der Waals surface area contributed by atoms with Gasteiger partial charge in [0, 0.05) is 22.3 Å². The lowest BCUT2D eigenvalue weighted by Gasteiger charge is -2.12. The molecule has 0 aromatic heterocycles. The number of para-hydroxylation sites is 1. The number of ether oxygens (including phenoxy) is 1. The highest BCUT2D eigenvalue weighted by Crippen LogP contribution is 2.27. The molecule has 0 spiro atoms. The molecule has 0 atom stereocenters. The summed E-state index contributed by atoms with van der Waals surface area (Å²) >= 11 is 3.60. The zero-order valence-corrected chi connectivity index (χ0v) is 12.1. The van der Waals surface area contributed by atoms with Gasteiger partial charge in [0.05, 0.1) is 7.11 Å². The second-order valence-electron chi connectivity index (χ2n) is 4.10. The molecule has 2 aromatic rings. The summed E-state index contributed by atoms with van der Waals surface area (Å²) in [5.74, 6) is 0.911. The van der Waals surface area contributed by atoms with Crippen LogP contribution in [0.4, 0.5) is 5.69 Å². The van der Waals surface area contributed by atoms with Gasteiger partial charge in [-0.3, -0.25) is 0 Å². The van der Waals surface area contributed by atoms with Crippen LogP contribution in [0.5, 0.6) is 5.75 Å². The van der Waals surface area contributed by atoms with Crippen molar-refractivity contribution in [2.24, 2.45) is 0 Å². The Morgan fingerprint density at radius 1 is 1.11 bits per heavy atom. The molecule has 0 aliphatic carbocycles. The molecule has 0 radical (unpaired) electrons. The zero-order valence-electron chi connectivity index (χ0n) is 10.5. The first kappa shape index (κ1) is 13.0. The summed E-state index contributed by atoms with van der Waals surface area (Å²) in [4.78, 5) is 0. The number of methoxy groups -OCH3 is 1. The summed E-state index contributed by atoms with van der Waals surface area (Å²) in [7, 11) is 1.70. The zero-order chi connectivity index (χ0) is 13.0. The fourth-order valence-corrected chi connectivity index (χ4v) is 2.23. The van der Waals surface area contributed by atoms with Crippen molar-refractivity contribution in [3.8, 4) is 5.75 Å². The van der Waals surface area contributed by atoms with E-state index >= 15 is 0 Å². The smallest absolute Gasteiger partial charge is 0.123 e. The lowest BCUT2D eigenvalue weighted by atomic mass is 10.2. The molecule has 1 N–H and O–H groups in total. The molecule has 0 heterocycles. The second-order valence-corrected chi connectivity index (χ2v) is 4.89. The monoisotopic (exact) mass is 305 g/mol. The first-order valence-electron chi connectivity index (χ1n) is 5.83. The SMILES string of the molecule is COc1ccccc1CNc1cccc(C)c1Br. The van der Waals surface area contributed by atoms with Gasteiger partial charge in [-0.1, -0.05) is 30.3 Å². The number of aryl methyl sites for hydroxylation is 1. The maximum atomic E-state index is 5.34. The third-order valence-electron chi connectivity index (χ3n) is 2.85. The van der Waals surface area contributed by atoms with Crippen LogP contribution in [0.25, 0.3) is 0 Å². The minimum Gasteiger partial charge on any atom is -0.496 e. The van der Waals surface area contributed by atoms with Gasteiger partial charge in [0.15, 0.2) is 0 Å². The van der Waals surface area contributed by atoms with Crippen LogP contribution in [0.15, 0.2) is 46.9 Å². The highest BCUT2D eigenvalue weighted by Gasteiger charge is 2.04. The summed E-state index contributed by atoms with van der Waals surface area (Å²) in [6.07, 6.45) is 0. The van der Waals surface area contributed by atoms with Crippen LogP contribution in [0.2, 0.25) is 0 Å². The molecule has 2 nitrogen and oxygen atoms in total. The molecular formula is C15H16BrNO. The number of rotatable bonds is 4. The number of anilines is 1. The minimum atomic E-state index is 0.742. The molecule has 0 amide bonds. The van der Waals surface area contributed by atoms with Crippen molar-refractivity contribution in [1.29, 1.82) is 0 Å². The number of hydrogen-bond donors (Lipinski definition) is 1. The summed E-state index contributed by atoms with van der Waals surface area (Å²) < 4.78 is 6.45. The molecule has 0 saturated carbocycles. The predicted octanol–water partition coefficient (Wildman–Crippen LogP) is 4.38. The van der Waals surface area contributed by atoms with E-state index in [2.05, 4.69) is 46.4 Å². The van der Waals surface area contributed by atoms with E-state index in [9.17, 15) is 0 Å². The summed E-state index contributed by atoms with van der Waals surface area (Å²) in [5.41, 5.74) is 3.47. The van der Waals surface area contributed by atoms with Crippen LogP contribution in [0.1, 0.15) is 11.1 Å². The van der Waals surface area contributed by atoms with E-state index in [1.165, 1.54) is 5.56 Å². The minimum absolute atomic E-state index is 0.742. The van der Waals surface area contributed by atoms with Gasteiger partial charge in [-0.2, -0.15) is 0 Å². The first-order chi connectivity index (χ1) is 8.72. The molecular weight excluding hydrogens is 290 g/mol. The second kappa shape index (κ2) is 5.91. The largest absolute Gasteiger partial charge is 0.496 e. The average Bonchev–Trinajstić information content (AvgIpc) is 2.41. The van der Waals surface area contributed by atoms with E-state index in [-0.39, 0.29) is 0 Å². The molecule has 2 rings (SSSR count). The normalized spacial score (nSPS) is 10.2.